The molecule has 0 fully saturated rings. The van der Waals surface area contributed by atoms with E-state index in [1.807, 2.05) is 0 Å². The summed E-state index contributed by atoms with van der Waals surface area (Å²) in [4.78, 5) is 0. The SMILES string of the molecule is FC(F)(F)C1=CC(c2cc[c]cc2)(C(F)(F)F)N=N1. The molecule has 101 valence electrons. The molecule has 1 heterocycles. The molecule has 1 aromatic carbocycles. The van der Waals surface area contributed by atoms with Crippen LogP contribution in [-0.4, -0.2) is 12.4 Å². The highest BCUT2D eigenvalue weighted by Crippen LogP contribution is 2.49. The van der Waals surface area contributed by atoms with Crippen molar-refractivity contribution < 1.29 is 26.3 Å². The van der Waals surface area contributed by atoms with Gasteiger partial charge in [-0.1, -0.05) is 24.3 Å². The number of hydrogen-bond acceptors (Lipinski definition) is 2. The third kappa shape index (κ3) is 2.22. The predicted molar refractivity (Wildman–Crippen MR) is 52.0 cm³/mol. The van der Waals surface area contributed by atoms with Crippen molar-refractivity contribution in [2.75, 3.05) is 0 Å². The van der Waals surface area contributed by atoms with E-state index in [0.717, 1.165) is 24.3 Å². The van der Waals surface area contributed by atoms with Crippen molar-refractivity contribution >= 4 is 0 Å². The molecule has 1 unspecified atom stereocenters. The third-order valence-corrected chi connectivity index (χ3v) is 2.54. The van der Waals surface area contributed by atoms with Gasteiger partial charge in [0.25, 0.3) is 0 Å². The van der Waals surface area contributed by atoms with Crippen LogP contribution in [-0.2, 0) is 5.54 Å². The second-order valence-electron chi connectivity index (χ2n) is 3.78. The molecule has 1 aliphatic rings. The number of benzene rings is 1. The van der Waals surface area contributed by atoms with Gasteiger partial charge in [0.05, 0.1) is 0 Å². The van der Waals surface area contributed by atoms with Crippen LogP contribution in [0.5, 0.6) is 0 Å². The Morgan fingerprint density at radius 2 is 1.58 bits per heavy atom. The Morgan fingerprint density at radius 1 is 1.00 bits per heavy atom. The molecule has 1 aliphatic heterocycles. The molecule has 2 nitrogen and oxygen atoms in total. The molecule has 0 saturated carbocycles. The van der Waals surface area contributed by atoms with Crippen LogP contribution in [0.4, 0.5) is 26.3 Å². The van der Waals surface area contributed by atoms with Gasteiger partial charge < -0.3 is 0 Å². The standard InChI is InChI=1S/C11H5F6N2/c12-10(13,14)8-6-9(19-18-8,11(15,16)17)7-4-2-1-3-5-7/h2-6H. The molecule has 0 bridgehead atoms. The average molecular weight is 279 g/mol. The second-order valence-corrected chi connectivity index (χ2v) is 3.78. The molecule has 0 aromatic heterocycles. The van der Waals surface area contributed by atoms with Gasteiger partial charge in [0, 0.05) is 0 Å². The van der Waals surface area contributed by atoms with Gasteiger partial charge >= 0.3 is 12.4 Å². The van der Waals surface area contributed by atoms with Crippen molar-refractivity contribution in [3.05, 3.63) is 47.7 Å². The first-order valence-electron chi connectivity index (χ1n) is 4.93. The summed E-state index contributed by atoms with van der Waals surface area (Å²) >= 11 is 0. The molecule has 19 heavy (non-hydrogen) atoms. The number of nitrogens with zero attached hydrogens (tertiary/aromatic N) is 2. The second kappa shape index (κ2) is 4.07. The molecule has 0 spiro atoms. The summed E-state index contributed by atoms with van der Waals surface area (Å²) in [5.41, 5.74) is -5.19. The lowest BCUT2D eigenvalue weighted by Gasteiger charge is -2.25. The minimum Gasteiger partial charge on any atom is -0.168 e. The summed E-state index contributed by atoms with van der Waals surface area (Å²) in [7, 11) is 0. The summed E-state index contributed by atoms with van der Waals surface area (Å²) in [6.07, 6.45) is -10.0. The summed E-state index contributed by atoms with van der Waals surface area (Å²) in [5.74, 6) is 0. The van der Waals surface area contributed by atoms with Crippen LogP contribution in [0.1, 0.15) is 5.56 Å². The number of halogens is 6. The van der Waals surface area contributed by atoms with Crippen LogP contribution in [0.3, 0.4) is 0 Å². The fourth-order valence-corrected chi connectivity index (χ4v) is 1.61. The molecule has 0 saturated heterocycles. The van der Waals surface area contributed by atoms with Crippen LogP contribution in [0.15, 0.2) is 46.3 Å². The van der Waals surface area contributed by atoms with Gasteiger partial charge in [-0.25, -0.2) is 0 Å². The summed E-state index contributed by atoms with van der Waals surface area (Å²) in [5, 5.41) is 5.46. The number of rotatable bonds is 1. The lowest BCUT2D eigenvalue weighted by atomic mass is 9.89. The van der Waals surface area contributed by atoms with E-state index in [9.17, 15) is 26.3 Å². The smallest absolute Gasteiger partial charge is 0.168 e. The number of allylic oxidation sites excluding steroid dienone is 1. The van der Waals surface area contributed by atoms with E-state index in [4.69, 9.17) is 0 Å². The highest BCUT2D eigenvalue weighted by molar-refractivity contribution is 5.37. The average Bonchev–Trinajstić information content (AvgIpc) is 2.75. The van der Waals surface area contributed by atoms with Gasteiger partial charge in [0.15, 0.2) is 5.70 Å². The molecular formula is C11H5F6N2. The molecule has 1 aromatic rings. The maximum atomic E-state index is 13.1. The molecule has 0 aliphatic carbocycles. The van der Waals surface area contributed by atoms with Crippen molar-refractivity contribution in [3.8, 4) is 0 Å². The van der Waals surface area contributed by atoms with E-state index in [1.165, 1.54) is 0 Å². The van der Waals surface area contributed by atoms with Gasteiger partial charge in [0.1, 0.15) is 0 Å². The molecular weight excluding hydrogens is 274 g/mol. The first-order valence-corrected chi connectivity index (χ1v) is 4.93. The van der Waals surface area contributed by atoms with Gasteiger partial charge in [-0.15, -0.1) is 5.11 Å². The van der Waals surface area contributed by atoms with Crippen LogP contribution >= 0.6 is 0 Å². The highest BCUT2D eigenvalue weighted by Gasteiger charge is 2.59. The quantitative estimate of drug-likeness (QED) is 0.690. The van der Waals surface area contributed by atoms with Crippen molar-refractivity contribution in [1.82, 2.24) is 0 Å². The van der Waals surface area contributed by atoms with Crippen LogP contribution in [0, 0.1) is 6.07 Å². The minimum absolute atomic E-state index is 0.0116. The summed E-state index contributed by atoms with van der Waals surface area (Å²) < 4.78 is 76.5. The molecule has 0 N–H and O–H groups in total. The minimum atomic E-state index is -5.02. The van der Waals surface area contributed by atoms with Crippen LogP contribution in [0.2, 0.25) is 0 Å². The molecule has 8 heteroatoms. The topological polar surface area (TPSA) is 24.7 Å². The summed E-state index contributed by atoms with van der Waals surface area (Å²) in [6.45, 7) is 0. The van der Waals surface area contributed by atoms with E-state index < -0.39 is 29.2 Å². The number of alkyl halides is 6. The van der Waals surface area contributed by atoms with Gasteiger partial charge in [-0.05, 0) is 17.7 Å². The highest BCUT2D eigenvalue weighted by atomic mass is 19.4. The molecule has 1 atom stereocenters. The Kier molecular flexibility index (Phi) is 2.91. The first-order chi connectivity index (χ1) is 8.67. The van der Waals surface area contributed by atoms with E-state index in [0.29, 0.717) is 0 Å². The predicted octanol–water partition coefficient (Wildman–Crippen LogP) is 4.16. The zero-order chi connectivity index (χ0) is 14.3. The Bertz CT molecular complexity index is 528. The van der Waals surface area contributed by atoms with Crippen LogP contribution in [0.25, 0.3) is 0 Å². The van der Waals surface area contributed by atoms with Crippen molar-refractivity contribution in [1.29, 1.82) is 0 Å². The lowest BCUT2D eigenvalue weighted by Crippen LogP contribution is -2.37. The van der Waals surface area contributed by atoms with Crippen molar-refractivity contribution in [3.63, 3.8) is 0 Å². The molecule has 1 radical (unpaired) electrons. The number of hydrogen-bond donors (Lipinski definition) is 0. The largest absolute Gasteiger partial charge is 0.434 e. The Balaban J connectivity index is 2.59. The Morgan fingerprint density at radius 3 is 2.00 bits per heavy atom. The first kappa shape index (κ1) is 13.6. The van der Waals surface area contributed by atoms with E-state index in [2.05, 4.69) is 16.3 Å². The van der Waals surface area contributed by atoms with E-state index >= 15 is 0 Å². The zero-order valence-electron chi connectivity index (χ0n) is 9.05. The van der Waals surface area contributed by atoms with Gasteiger partial charge in [-0.2, -0.15) is 31.5 Å². The monoisotopic (exact) mass is 279 g/mol. The molecule has 0 amide bonds. The number of azo groups is 1. The van der Waals surface area contributed by atoms with Crippen molar-refractivity contribution in [2.45, 2.75) is 17.9 Å². The van der Waals surface area contributed by atoms with E-state index in [1.54, 1.807) is 0 Å². The fraction of sp³-hybridized carbons (Fsp3) is 0.273. The summed E-state index contributed by atoms with van der Waals surface area (Å²) in [6, 6.07) is 6.82. The molecule has 2 rings (SSSR count). The Hall–Kier alpha value is -1.86. The maximum absolute atomic E-state index is 13.1. The van der Waals surface area contributed by atoms with Crippen molar-refractivity contribution in [2.24, 2.45) is 10.2 Å². The van der Waals surface area contributed by atoms with Gasteiger partial charge in [0.2, 0.25) is 5.54 Å². The lowest BCUT2D eigenvalue weighted by molar-refractivity contribution is -0.174. The normalized spacial score (nSPS) is 23.6. The van der Waals surface area contributed by atoms with Crippen LogP contribution < -0.4 is 0 Å². The van der Waals surface area contributed by atoms with Gasteiger partial charge in [-0.3, -0.25) is 0 Å². The fourth-order valence-electron chi connectivity index (χ4n) is 1.61. The van der Waals surface area contributed by atoms with E-state index in [-0.39, 0.29) is 6.08 Å². The maximum Gasteiger partial charge on any atom is 0.434 e. The Labute approximate surface area is 103 Å². The zero-order valence-corrected chi connectivity index (χ0v) is 9.05. The third-order valence-electron chi connectivity index (χ3n) is 2.54.